The van der Waals surface area contributed by atoms with Gasteiger partial charge in [-0.2, -0.15) is 4.31 Å². The number of hydrogen-bond donors (Lipinski definition) is 1. The number of ether oxygens (including phenoxy) is 2. The van der Waals surface area contributed by atoms with E-state index in [2.05, 4.69) is 5.32 Å². The molecule has 8 heteroatoms. The smallest absolute Gasteiger partial charge is 0.243 e. The third-order valence-corrected chi connectivity index (χ3v) is 6.92. The number of carbonyl (C=O) groups is 1. The highest BCUT2D eigenvalue weighted by Crippen LogP contribution is 2.26. The second kappa shape index (κ2) is 11.2. The number of nitrogens with zero attached hydrogens (tertiary/aromatic N) is 1. The molecule has 2 aromatic rings. The van der Waals surface area contributed by atoms with Crippen molar-refractivity contribution in [3.63, 3.8) is 0 Å². The lowest BCUT2D eigenvalue weighted by Crippen LogP contribution is -2.35. The maximum absolute atomic E-state index is 12.8. The van der Waals surface area contributed by atoms with Crippen molar-refractivity contribution < 1.29 is 22.7 Å². The number of para-hydroxylation sites is 2. The average molecular weight is 447 g/mol. The molecule has 0 unspecified atom stereocenters. The van der Waals surface area contributed by atoms with Gasteiger partial charge in [0.15, 0.2) is 11.5 Å². The number of rotatable bonds is 10. The van der Waals surface area contributed by atoms with Crippen molar-refractivity contribution in [1.29, 1.82) is 0 Å². The molecule has 1 heterocycles. The minimum absolute atomic E-state index is 0.186. The molecule has 0 spiro atoms. The van der Waals surface area contributed by atoms with Gasteiger partial charge >= 0.3 is 0 Å². The van der Waals surface area contributed by atoms with Crippen molar-refractivity contribution >= 4 is 21.6 Å². The fraction of sp³-hybridized carbons (Fsp3) is 0.435. The first kappa shape index (κ1) is 23.1. The van der Waals surface area contributed by atoms with Crippen LogP contribution in [0.4, 0.5) is 5.69 Å². The molecule has 0 aromatic heterocycles. The molecule has 31 heavy (non-hydrogen) atoms. The number of amides is 1. The zero-order chi connectivity index (χ0) is 22.1. The molecule has 1 fully saturated rings. The number of sulfonamides is 1. The van der Waals surface area contributed by atoms with Gasteiger partial charge in [-0.3, -0.25) is 4.79 Å². The Labute approximate surface area is 184 Å². The largest absolute Gasteiger partial charge is 0.490 e. The van der Waals surface area contributed by atoms with Crippen LogP contribution in [0.3, 0.4) is 0 Å². The van der Waals surface area contributed by atoms with Gasteiger partial charge in [-0.25, -0.2) is 8.42 Å². The Bertz CT molecular complexity index is 971. The molecular formula is C23H30N2O5S. The van der Waals surface area contributed by atoms with Crippen LogP contribution in [-0.2, 0) is 14.8 Å². The lowest BCUT2D eigenvalue weighted by molar-refractivity contribution is -0.116. The third kappa shape index (κ3) is 6.45. The van der Waals surface area contributed by atoms with Crippen LogP contribution < -0.4 is 14.8 Å². The monoisotopic (exact) mass is 446 g/mol. The predicted octanol–water partition coefficient (Wildman–Crippen LogP) is 4.06. The number of hydrogen-bond acceptors (Lipinski definition) is 5. The molecule has 1 amide bonds. The zero-order valence-corrected chi connectivity index (χ0v) is 18.7. The molecule has 7 nitrogen and oxygen atoms in total. The third-order valence-electron chi connectivity index (χ3n) is 5.03. The summed E-state index contributed by atoms with van der Waals surface area (Å²) < 4.78 is 38.4. The summed E-state index contributed by atoms with van der Waals surface area (Å²) in [5, 5.41) is 2.79. The Morgan fingerprint density at radius 3 is 2.42 bits per heavy atom. The summed E-state index contributed by atoms with van der Waals surface area (Å²) in [6, 6.07) is 13.9. The van der Waals surface area contributed by atoms with Gasteiger partial charge in [-0.15, -0.1) is 0 Å². The molecule has 1 aliphatic heterocycles. The summed E-state index contributed by atoms with van der Waals surface area (Å²) in [6.45, 7) is 3.93. The molecule has 0 atom stereocenters. The molecule has 0 saturated carbocycles. The number of carbonyl (C=O) groups excluding carboxylic acids is 1. The van der Waals surface area contributed by atoms with Gasteiger partial charge in [0.1, 0.15) is 0 Å². The van der Waals surface area contributed by atoms with E-state index in [0.29, 0.717) is 49.9 Å². The van der Waals surface area contributed by atoms with E-state index in [1.54, 1.807) is 18.2 Å². The van der Waals surface area contributed by atoms with Crippen LogP contribution in [0.5, 0.6) is 11.5 Å². The van der Waals surface area contributed by atoms with Crippen LogP contribution in [0, 0.1) is 0 Å². The highest BCUT2D eigenvalue weighted by Gasteiger charge is 2.26. The van der Waals surface area contributed by atoms with E-state index >= 15 is 0 Å². The summed E-state index contributed by atoms with van der Waals surface area (Å²) >= 11 is 0. The normalized spacial score (nSPS) is 14.7. The van der Waals surface area contributed by atoms with Gasteiger partial charge in [0.2, 0.25) is 15.9 Å². The molecule has 3 rings (SSSR count). The first-order valence-electron chi connectivity index (χ1n) is 10.8. The van der Waals surface area contributed by atoms with E-state index in [1.165, 1.54) is 10.4 Å². The second-order valence-electron chi connectivity index (χ2n) is 7.37. The van der Waals surface area contributed by atoms with E-state index in [1.807, 2.05) is 31.2 Å². The quantitative estimate of drug-likeness (QED) is 0.557. The summed E-state index contributed by atoms with van der Waals surface area (Å²) in [6.07, 6.45) is 3.61. The summed E-state index contributed by atoms with van der Waals surface area (Å²) in [4.78, 5) is 12.5. The average Bonchev–Trinajstić information content (AvgIpc) is 2.79. The fourth-order valence-electron chi connectivity index (χ4n) is 3.47. The van der Waals surface area contributed by atoms with Crippen LogP contribution in [0.2, 0.25) is 0 Å². The predicted molar refractivity (Wildman–Crippen MR) is 120 cm³/mol. The second-order valence-corrected chi connectivity index (χ2v) is 9.31. The fourth-order valence-corrected chi connectivity index (χ4v) is 5.03. The number of nitrogens with one attached hydrogen (secondary N) is 1. The standard InChI is InChI=1S/C23H30N2O5S/c1-2-29-21-12-4-5-13-22(21)30-17-9-14-23(26)24-19-10-8-11-20(18-19)31(27,28)25-15-6-3-7-16-25/h4-5,8,10-13,18H,2-3,6-7,9,14-17H2,1H3,(H,24,26). The van der Waals surface area contributed by atoms with Crippen LogP contribution >= 0.6 is 0 Å². The van der Waals surface area contributed by atoms with Gasteiger partial charge in [0.05, 0.1) is 18.1 Å². The lowest BCUT2D eigenvalue weighted by atomic mass is 10.2. The number of benzene rings is 2. The molecule has 0 aliphatic carbocycles. The van der Waals surface area contributed by atoms with Crippen molar-refractivity contribution in [1.82, 2.24) is 4.31 Å². The molecular weight excluding hydrogens is 416 g/mol. The molecule has 2 aromatic carbocycles. The minimum Gasteiger partial charge on any atom is -0.490 e. The number of anilines is 1. The SMILES string of the molecule is CCOc1ccccc1OCCCC(=O)Nc1cccc(S(=O)(=O)N2CCCCC2)c1. The Morgan fingerprint density at radius 1 is 1.00 bits per heavy atom. The topological polar surface area (TPSA) is 84.9 Å². The summed E-state index contributed by atoms with van der Waals surface area (Å²) in [5.41, 5.74) is 0.477. The van der Waals surface area contributed by atoms with Crippen LogP contribution in [0.25, 0.3) is 0 Å². The van der Waals surface area contributed by atoms with Crippen molar-refractivity contribution in [3.05, 3.63) is 48.5 Å². The molecule has 1 saturated heterocycles. The van der Waals surface area contributed by atoms with E-state index in [-0.39, 0.29) is 17.2 Å². The van der Waals surface area contributed by atoms with Gasteiger partial charge in [-0.1, -0.05) is 24.6 Å². The maximum Gasteiger partial charge on any atom is 0.243 e. The van der Waals surface area contributed by atoms with Gasteiger partial charge < -0.3 is 14.8 Å². The Balaban J connectivity index is 1.50. The number of piperidine rings is 1. The molecule has 1 N–H and O–H groups in total. The first-order chi connectivity index (χ1) is 15.0. The Kier molecular flexibility index (Phi) is 8.31. The highest BCUT2D eigenvalue weighted by atomic mass is 32.2. The molecule has 168 valence electrons. The molecule has 0 bridgehead atoms. The van der Waals surface area contributed by atoms with Crippen LogP contribution in [0.15, 0.2) is 53.4 Å². The van der Waals surface area contributed by atoms with E-state index in [4.69, 9.17) is 9.47 Å². The first-order valence-corrected chi connectivity index (χ1v) is 12.2. The van der Waals surface area contributed by atoms with E-state index < -0.39 is 10.0 Å². The van der Waals surface area contributed by atoms with Crippen molar-refractivity contribution in [2.45, 2.75) is 43.9 Å². The highest BCUT2D eigenvalue weighted by molar-refractivity contribution is 7.89. The Morgan fingerprint density at radius 2 is 1.71 bits per heavy atom. The van der Waals surface area contributed by atoms with Gasteiger partial charge in [0.25, 0.3) is 0 Å². The zero-order valence-electron chi connectivity index (χ0n) is 17.9. The minimum atomic E-state index is -3.53. The van der Waals surface area contributed by atoms with Crippen LogP contribution in [-0.4, -0.2) is 44.9 Å². The molecule has 0 radical (unpaired) electrons. The van der Waals surface area contributed by atoms with Crippen molar-refractivity contribution in [2.24, 2.45) is 0 Å². The van der Waals surface area contributed by atoms with Crippen molar-refractivity contribution in [2.75, 3.05) is 31.6 Å². The van der Waals surface area contributed by atoms with Gasteiger partial charge in [0, 0.05) is 25.2 Å². The Hall–Kier alpha value is -2.58. The van der Waals surface area contributed by atoms with Gasteiger partial charge in [-0.05, 0) is 56.5 Å². The summed E-state index contributed by atoms with van der Waals surface area (Å²) in [7, 11) is -3.53. The molecule has 1 aliphatic rings. The lowest BCUT2D eigenvalue weighted by Gasteiger charge is -2.26. The van der Waals surface area contributed by atoms with E-state index in [9.17, 15) is 13.2 Å². The van der Waals surface area contributed by atoms with E-state index in [0.717, 1.165) is 19.3 Å². The maximum atomic E-state index is 12.8. The summed E-state index contributed by atoms with van der Waals surface area (Å²) in [5.74, 6) is 1.15. The van der Waals surface area contributed by atoms with Crippen molar-refractivity contribution in [3.8, 4) is 11.5 Å². The van der Waals surface area contributed by atoms with Crippen LogP contribution in [0.1, 0.15) is 39.0 Å².